The molecule has 4 N–H and O–H groups in total. The Bertz CT molecular complexity index is 515. The topological polar surface area (TPSA) is 87.5 Å². The zero-order valence-electron chi connectivity index (χ0n) is 13.4. The first-order valence-corrected chi connectivity index (χ1v) is 7.69. The molecule has 1 aliphatic rings. The van der Waals surface area contributed by atoms with E-state index in [9.17, 15) is 9.59 Å². The van der Waals surface area contributed by atoms with E-state index in [1.165, 1.54) is 24.8 Å². The Hall–Kier alpha value is -1.79. The molecule has 0 unspecified atom stereocenters. The molecule has 0 saturated heterocycles. The number of benzene rings is 1. The highest BCUT2D eigenvalue weighted by Gasteiger charge is 2.19. The van der Waals surface area contributed by atoms with Crippen LogP contribution in [0.25, 0.3) is 0 Å². The second-order valence-corrected chi connectivity index (χ2v) is 5.79. The van der Waals surface area contributed by atoms with Crippen molar-refractivity contribution in [3.8, 4) is 0 Å². The number of nitrogens with zero attached hydrogens (tertiary/aromatic N) is 1. The molecule has 7 heteroatoms. The number of hydrogen-bond donors (Lipinski definition) is 3. The van der Waals surface area contributed by atoms with Crippen LogP contribution in [0.15, 0.2) is 24.3 Å². The first kappa shape index (κ1) is 19.3. The third-order valence-electron chi connectivity index (χ3n) is 3.86. The first-order chi connectivity index (χ1) is 10.5. The molecular formula is C16H25ClN4O2. The van der Waals surface area contributed by atoms with Gasteiger partial charge in [0.05, 0.1) is 6.54 Å². The minimum absolute atomic E-state index is 0. The van der Waals surface area contributed by atoms with Crippen LogP contribution < -0.4 is 16.5 Å². The van der Waals surface area contributed by atoms with Gasteiger partial charge in [0.15, 0.2) is 0 Å². The van der Waals surface area contributed by atoms with Crippen molar-refractivity contribution in [2.75, 3.05) is 0 Å². The predicted molar refractivity (Wildman–Crippen MR) is 91.7 cm³/mol. The molecule has 0 spiro atoms. The normalized spacial score (nSPS) is 14.0. The van der Waals surface area contributed by atoms with Gasteiger partial charge >= 0.3 is 6.03 Å². The molecule has 128 valence electrons. The molecule has 1 aliphatic carbocycles. The summed E-state index contributed by atoms with van der Waals surface area (Å²) in [6.07, 6.45) is 4.42. The molecule has 0 aliphatic heterocycles. The fraction of sp³-hybridized carbons (Fsp3) is 0.500. The Kier molecular flexibility index (Phi) is 7.85. The van der Waals surface area contributed by atoms with Crippen molar-refractivity contribution in [3.63, 3.8) is 0 Å². The van der Waals surface area contributed by atoms with Gasteiger partial charge in [0.2, 0.25) is 5.91 Å². The monoisotopic (exact) mass is 340 g/mol. The number of nitrogens with one attached hydrogen (secondary N) is 2. The number of urea groups is 1. The van der Waals surface area contributed by atoms with E-state index in [-0.39, 0.29) is 30.4 Å². The van der Waals surface area contributed by atoms with Crippen LogP contribution in [-0.2, 0) is 17.9 Å². The van der Waals surface area contributed by atoms with Gasteiger partial charge in [-0.2, -0.15) is 0 Å². The van der Waals surface area contributed by atoms with Gasteiger partial charge in [-0.1, -0.05) is 37.1 Å². The van der Waals surface area contributed by atoms with Gasteiger partial charge in [-0.15, -0.1) is 12.4 Å². The summed E-state index contributed by atoms with van der Waals surface area (Å²) in [7, 11) is 0. The molecular weight excluding hydrogens is 316 g/mol. The molecule has 23 heavy (non-hydrogen) atoms. The summed E-state index contributed by atoms with van der Waals surface area (Å²) < 4.78 is 0. The molecule has 2 rings (SSSR count). The van der Waals surface area contributed by atoms with Crippen molar-refractivity contribution in [1.82, 2.24) is 15.6 Å². The number of hydrogen-bond acceptors (Lipinski definition) is 3. The van der Waals surface area contributed by atoms with E-state index in [1.54, 1.807) is 0 Å². The van der Waals surface area contributed by atoms with Crippen LogP contribution in [0, 0.1) is 0 Å². The SMILES string of the molecule is CC(=O)NCc1ccc(CN(N)C(=O)NC2CCCC2)cc1.Cl. The number of rotatable bonds is 5. The lowest BCUT2D eigenvalue weighted by Crippen LogP contribution is -2.47. The van der Waals surface area contributed by atoms with Crippen molar-refractivity contribution >= 4 is 24.3 Å². The molecule has 1 fully saturated rings. The zero-order valence-corrected chi connectivity index (χ0v) is 14.2. The zero-order chi connectivity index (χ0) is 15.9. The van der Waals surface area contributed by atoms with Crippen LogP contribution in [0.5, 0.6) is 0 Å². The maximum absolute atomic E-state index is 12.0. The van der Waals surface area contributed by atoms with Crippen molar-refractivity contribution in [2.45, 2.75) is 51.7 Å². The number of nitrogens with two attached hydrogens (primary N) is 1. The van der Waals surface area contributed by atoms with Crippen molar-refractivity contribution in [1.29, 1.82) is 0 Å². The highest BCUT2D eigenvalue weighted by molar-refractivity contribution is 5.85. The Morgan fingerprint density at radius 2 is 1.74 bits per heavy atom. The van der Waals surface area contributed by atoms with E-state index in [0.29, 0.717) is 13.1 Å². The van der Waals surface area contributed by atoms with Gasteiger partial charge in [-0.3, -0.25) is 9.80 Å². The van der Waals surface area contributed by atoms with E-state index in [1.807, 2.05) is 24.3 Å². The smallest absolute Gasteiger partial charge is 0.332 e. The minimum atomic E-state index is -0.228. The molecule has 6 nitrogen and oxygen atoms in total. The second kappa shape index (κ2) is 9.37. The van der Waals surface area contributed by atoms with Crippen LogP contribution in [0.2, 0.25) is 0 Å². The number of amides is 3. The lowest BCUT2D eigenvalue weighted by atomic mass is 10.1. The minimum Gasteiger partial charge on any atom is -0.352 e. The van der Waals surface area contributed by atoms with E-state index in [4.69, 9.17) is 5.84 Å². The number of halogens is 1. The summed E-state index contributed by atoms with van der Waals surface area (Å²) in [5, 5.41) is 6.91. The quantitative estimate of drug-likeness (QED) is 0.435. The van der Waals surface area contributed by atoms with Gasteiger partial charge in [0.1, 0.15) is 0 Å². The van der Waals surface area contributed by atoms with Crippen LogP contribution >= 0.6 is 12.4 Å². The molecule has 0 radical (unpaired) electrons. The third kappa shape index (κ3) is 6.46. The highest BCUT2D eigenvalue weighted by atomic mass is 35.5. The Labute approximate surface area is 143 Å². The maximum Gasteiger partial charge on any atom is 0.332 e. The molecule has 3 amide bonds. The number of hydrazine groups is 1. The van der Waals surface area contributed by atoms with Gasteiger partial charge in [0.25, 0.3) is 0 Å². The second-order valence-electron chi connectivity index (χ2n) is 5.79. The van der Waals surface area contributed by atoms with Gasteiger partial charge in [0, 0.05) is 19.5 Å². The van der Waals surface area contributed by atoms with Crippen LogP contribution in [0.3, 0.4) is 0 Å². The average molecular weight is 341 g/mol. The maximum atomic E-state index is 12.0. The summed E-state index contributed by atoms with van der Waals surface area (Å²) in [6, 6.07) is 7.72. The van der Waals surface area contributed by atoms with Crippen LogP contribution in [-0.4, -0.2) is 23.0 Å². The summed E-state index contributed by atoms with van der Waals surface area (Å²) >= 11 is 0. The third-order valence-corrected chi connectivity index (χ3v) is 3.86. The van der Waals surface area contributed by atoms with Gasteiger partial charge in [-0.05, 0) is 24.0 Å². The number of carbonyl (C=O) groups excluding carboxylic acids is 2. The molecule has 0 atom stereocenters. The highest BCUT2D eigenvalue weighted by Crippen LogP contribution is 2.17. The predicted octanol–water partition coefficient (Wildman–Crippen LogP) is 2.07. The largest absolute Gasteiger partial charge is 0.352 e. The standard InChI is InChI=1S/C16H24N4O2.ClH/c1-12(21)18-10-13-6-8-14(9-7-13)11-20(17)16(22)19-15-4-2-3-5-15;/h6-9,15H,2-5,10-11,17H2,1H3,(H,18,21)(H,19,22);1H. The summed E-state index contributed by atoms with van der Waals surface area (Å²) in [4.78, 5) is 22.9. The molecule has 1 aromatic carbocycles. The molecule has 1 aromatic rings. The van der Waals surface area contributed by atoms with Gasteiger partial charge < -0.3 is 10.6 Å². The van der Waals surface area contributed by atoms with Gasteiger partial charge in [-0.25, -0.2) is 10.6 Å². The Morgan fingerprint density at radius 1 is 1.17 bits per heavy atom. The molecule has 0 aromatic heterocycles. The molecule has 1 saturated carbocycles. The fourth-order valence-corrected chi connectivity index (χ4v) is 2.59. The van der Waals surface area contributed by atoms with E-state index in [0.717, 1.165) is 24.0 Å². The summed E-state index contributed by atoms with van der Waals surface area (Å²) in [6.45, 7) is 2.35. The van der Waals surface area contributed by atoms with Crippen LogP contribution in [0.4, 0.5) is 4.79 Å². The average Bonchev–Trinajstić information content (AvgIpc) is 2.99. The summed E-state index contributed by atoms with van der Waals surface area (Å²) in [5.74, 6) is 5.77. The van der Waals surface area contributed by atoms with Crippen LogP contribution in [0.1, 0.15) is 43.7 Å². The van der Waals surface area contributed by atoms with E-state index in [2.05, 4.69) is 10.6 Å². The first-order valence-electron chi connectivity index (χ1n) is 7.69. The van der Waals surface area contributed by atoms with Crippen molar-refractivity contribution in [2.24, 2.45) is 5.84 Å². The molecule has 0 bridgehead atoms. The number of carbonyl (C=O) groups is 2. The Balaban J connectivity index is 0.00000264. The lowest BCUT2D eigenvalue weighted by Gasteiger charge is -2.20. The van der Waals surface area contributed by atoms with Crippen molar-refractivity contribution < 1.29 is 9.59 Å². The van der Waals surface area contributed by atoms with E-state index < -0.39 is 0 Å². The lowest BCUT2D eigenvalue weighted by molar-refractivity contribution is -0.119. The summed E-state index contributed by atoms with van der Waals surface area (Å²) in [5.41, 5.74) is 1.97. The molecule has 0 heterocycles. The Morgan fingerprint density at radius 3 is 2.30 bits per heavy atom. The van der Waals surface area contributed by atoms with Crippen molar-refractivity contribution in [3.05, 3.63) is 35.4 Å². The fourth-order valence-electron chi connectivity index (χ4n) is 2.59. The van der Waals surface area contributed by atoms with E-state index >= 15 is 0 Å².